The second-order valence-corrected chi connectivity index (χ2v) is 13.2. The first-order valence-corrected chi connectivity index (χ1v) is 17.4. The van der Waals surface area contributed by atoms with Gasteiger partial charge in [0.25, 0.3) is 0 Å². The van der Waals surface area contributed by atoms with E-state index in [0.717, 1.165) is 0 Å². The Balaban J connectivity index is 1.21. The first kappa shape index (κ1) is 28.5. The molecule has 0 atom stereocenters. The van der Waals surface area contributed by atoms with Crippen LogP contribution in [0.25, 0.3) is 98.4 Å². The van der Waals surface area contributed by atoms with Crippen LogP contribution in [0.4, 0.5) is 0 Å². The Morgan fingerprint density at radius 1 is 0.200 bits per heavy atom. The molecule has 10 aromatic rings. The van der Waals surface area contributed by atoms with Crippen molar-refractivity contribution in [2.24, 2.45) is 0 Å². The first-order chi connectivity index (χ1) is 24.8. The summed E-state index contributed by atoms with van der Waals surface area (Å²) in [6, 6.07) is 71.3. The Hall–Kier alpha value is -6.50. The lowest BCUT2D eigenvalue weighted by molar-refractivity contribution is 1.64. The lowest BCUT2D eigenvalue weighted by Gasteiger charge is -2.20. The van der Waals surface area contributed by atoms with Crippen molar-refractivity contribution in [1.29, 1.82) is 0 Å². The molecular weight excluding hydrogens is 601 g/mol. The van der Waals surface area contributed by atoms with Gasteiger partial charge in [-0.25, -0.2) is 0 Å². The molecule has 0 nitrogen and oxygen atoms in total. The van der Waals surface area contributed by atoms with E-state index >= 15 is 0 Å². The summed E-state index contributed by atoms with van der Waals surface area (Å²) in [4.78, 5) is 0. The molecule has 0 aliphatic rings. The number of fused-ring (bicyclic) bond motifs is 5. The maximum atomic E-state index is 2.39. The summed E-state index contributed by atoms with van der Waals surface area (Å²) >= 11 is 0. The molecular formula is C50H32. The Morgan fingerprint density at radius 3 is 1.38 bits per heavy atom. The largest absolute Gasteiger partial charge is 0.0622 e. The maximum absolute atomic E-state index is 2.39. The molecule has 0 saturated heterocycles. The quantitative estimate of drug-likeness (QED) is 0.169. The molecule has 0 saturated carbocycles. The molecule has 0 heteroatoms. The molecule has 0 aliphatic carbocycles. The molecule has 10 rings (SSSR count). The summed E-state index contributed by atoms with van der Waals surface area (Å²) in [7, 11) is 0. The van der Waals surface area contributed by atoms with Crippen LogP contribution >= 0.6 is 0 Å². The Kier molecular flexibility index (Phi) is 6.60. The van der Waals surface area contributed by atoms with Gasteiger partial charge >= 0.3 is 0 Å². The van der Waals surface area contributed by atoms with Crippen molar-refractivity contribution in [3.8, 4) is 44.5 Å². The number of hydrogen-bond acceptors (Lipinski definition) is 0. The minimum Gasteiger partial charge on any atom is -0.0622 e. The normalized spacial score (nSPS) is 11.6. The lowest BCUT2D eigenvalue weighted by Crippen LogP contribution is -1.92. The summed E-state index contributed by atoms with van der Waals surface area (Å²) in [5.41, 5.74) is 10.1. The van der Waals surface area contributed by atoms with E-state index in [2.05, 4.69) is 194 Å². The third-order valence-corrected chi connectivity index (χ3v) is 10.4. The van der Waals surface area contributed by atoms with Gasteiger partial charge < -0.3 is 0 Å². The minimum absolute atomic E-state index is 1.23. The van der Waals surface area contributed by atoms with Crippen LogP contribution in [0.15, 0.2) is 194 Å². The molecule has 0 heterocycles. The smallest absolute Gasteiger partial charge is 0.00201 e. The van der Waals surface area contributed by atoms with Crippen LogP contribution < -0.4 is 0 Å². The van der Waals surface area contributed by atoms with E-state index in [4.69, 9.17) is 0 Å². The van der Waals surface area contributed by atoms with Gasteiger partial charge in [0.15, 0.2) is 0 Å². The van der Waals surface area contributed by atoms with Gasteiger partial charge in [-0.05, 0) is 111 Å². The second kappa shape index (κ2) is 11.6. The minimum atomic E-state index is 1.23. The van der Waals surface area contributed by atoms with E-state index in [0.29, 0.717) is 0 Å². The zero-order valence-corrected chi connectivity index (χ0v) is 27.5. The van der Waals surface area contributed by atoms with Crippen molar-refractivity contribution in [3.05, 3.63) is 194 Å². The first-order valence-electron chi connectivity index (χ1n) is 17.4. The predicted octanol–water partition coefficient (Wildman–Crippen LogP) is 14.1. The van der Waals surface area contributed by atoms with Gasteiger partial charge in [-0.1, -0.05) is 182 Å². The van der Waals surface area contributed by atoms with Crippen molar-refractivity contribution in [1.82, 2.24) is 0 Å². The van der Waals surface area contributed by atoms with E-state index in [1.807, 2.05) is 0 Å². The van der Waals surface area contributed by atoms with Crippen LogP contribution in [0.2, 0.25) is 0 Å². The molecule has 232 valence electrons. The zero-order valence-electron chi connectivity index (χ0n) is 27.5. The summed E-state index contributed by atoms with van der Waals surface area (Å²) in [5, 5.41) is 12.6. The highest BCUT2D eigenvalue weighted by molar-refractivity contribution is 6.24. The number of benzene rings is 10. The zero-order chi connectivity index (χ0) is 33.0. The molecule has 0 amide bonds. The summed E-state index contributed by atoms with van der Waals surface area (Å²) in [6.45, 7) is 0. The lowest BCUT2D eigenvalue weighted by atomic mass is 9.83. The van der Waals surface area contributed by atoms with E-state index in [9.17, 15) is 0 Å². The highest BCUT2D eigenvalue weighted by atomic mass is 14.2. The van der Waals surface area contributed by atoms with Crippen molar-refractivity contribution < 1.29 is 0 Å². The van der Waals surface area contributed by atoms with Crippen LogP contribution in [0.5, 0.6) is 0 Å². The average molecular weight is 633 g/mol. The molecule has 0 N–H and O–H groups in total. The molecule has 0 spiro atoms. The third-order valence-electron chi connectivity index (χ3n) is 10.4. The summed E-state index contributed by atoms with van der Waals surface area (Å²) in [5.74, 6) is 0. The van der Waals surface area contributed by atoms with E-state index in [-0.39, 0.29) is 0 Å². The van der Waals surface area contributed by atoms with Gasteiger partial charge in [0.05, 0.1) is 0 Å². The van der Waals surface area contributed by atoms with Gasteiger partial charge in [0.1, 0.15) is 0 Å². The molecule has 0 aromatic heterocycles. The Labute approximate surface area is 291 Å². The SMILES string of the molecule is c1ccc(-c2ccc(-c3c4ccccc4c(-c4ccc5ccc(-c6cccc7ccccc67)cc5c4)c4ccccc34)c3ccccc23)cc1. The molecule has 50 heavy (non-hydrogen) atoms. The van der Waals surface area contributed by atoms with Crippen molar-refractivity contribution in [2.75, 3.05) is 0 Å². The number of hydrogen-bond donors (Lipinski definition) is 0. The fourth-order valence-corrected chi connectivity index (χ4v) is 8.16. The van der Waals surface area contributed by atoms with E-state index < -0.39 is 0 Å². The highest BCUT2D eigenvalue weighted by Gasteiger charge is 2.19. The van der Waals surface area contributed by atoms with E-state index in [1.165, 1.54) is 98.4 Å². The fraction of sp³-hybridized carbons (Fsp3) is 0. The van der Waals surface area contributed by atoms with Crippen molar-refractivity contribution in [2.45, 2.75) is 0 Å². The van der Waals surface area contributed by atoms with Crippen LogP contribution in [-0.2, 0) is 0 Å². The number of rotatable bonds is 4. The molecule has 10 aromatic carbocycles. The van der Waals surface area contributed by atoms with Gasteiger partial charge in [-0.2, -0.15) is 0 Å². The predicted molar refractivity (Wildman–Crippen MR) is 216 cm³/mol. The Bertz CT molecular complexity index is 2850. The molecule has 0 radical (unpaired) electrons. The third kappa shape index (κ3) is 4.54. The Morgan fingerprint density at radius 2 is 0.680 bits per heavy atom. The topological polar surface area (TPSA) is 0 Å². The summed E-state index contributed by atoms with van der Waals surface area (Å²) < 4.78 is 0. The van der Waals surface area contributed by atoms with Crippen molar-refractivity contribution in [3.63, 3.8) is 0 Å². The van der Waals surface area contributed by atoms with Gasteiger partial charge in [0.2, 0.25) is 0 Å². The standard InChI is InChI=1S/C50H32/c1-2-13-34(14-3-1)41-29-30-48(43-19-7-6-18-42(41)43)50-46-22-10-8-20-44(46)49(45-21-9-11-23-47(45)50)37-28-26-33-25-27-36(31-38(33)32-37)40-24-12-16-35-15-4-5-17-39(35)40/h1-32H. The highest BCUT2D eigenvalue weighted by Crippen LogP contribution is 2.47. The monoisotopic (exact) mass is 632 g/mol. The summed E-state index contributed by atoms with van der Waals surface area (Å²) in [6.07, 6.45) is 0. The van der Waals surface area contributed by atoms with Crippen LogP contribution in [0.1, 0.15) is 0 Å². The average Bonchev–Trinajstić information content (AvgIpc) is 3.19. The second-order valence-electron chi connectivity index (χ2n) is 13.2. The van der Waals surface area contributed by atoms with Crippen LogP contribution in [0.3, 0.4) is 0 Å². The van der Waals surface area contributed by atoms with Crippen LogP contribution in [-0.4, -0.2) is 0 Å². The van der Waals surface area contributed by atoms with Crippen LogP contribution in [0, 0.1) is 0 Å². The van der Waals surface area contributed by atoms with Gasteiger partial charge in [-0.15, -0.1) is 0 Å². The van der Waals surface area contributed by atoms with E-state index in [1.54, 1.807) is 0 Å². The van der Waals surface area contributed by atoms with Gasteiger partial charge in [0, 0.05) is 0 Å². The molecule has 0 aliphatic heterocycles. The van der Waals surface area contributed by atoms with Crippen molar-refractivity contribution >= 4 is 53.9 Å². The molecule has 0 unspecified atom stereocenters. The molecule has 0 bridgehead atoms. The van der Waals surface area contributed by atoms with Gasteiger partial charge in [-0.3, -0.25) is 0 Å². The maximum Gasteiger partial charge on any atom is -0.00201 e. The fourth-order valence-electron chi connectivity index (χ4n) is 8.16. The molecule has 0 fully saturated rings.